The molecule has 2 aromatic heterocycles. The van der Waals surface area contributed by atoms with Crippen molar-refractivity contribution in [2.45, 2.75) is 6.92 Å². The maximum Gasteiger partial charge on any atom is 0.340 e. The van der Waals surface area contributed by atoms with Crippen LogP contribution < -0.4 is 0 Å². The summed E-state index contributed by atoms with van der Waals surface area (Å²) in [6.45, 7) is 1.84. The van der Waals surface area contributed by atoms with Gasteiger partial charge in [-0.15, -0.1) is 0 Å². The molecule has 0 amide bonds. The topological polar surface area (TPSA) is 68.0 Å². The van der Waals surface area contributed by atoms with Crippen molar-refractivity contribution < 1.29 is 9.90 Å². The number of aromatic nitrogens is 3. The van der Waals surface area contributed by atoms with Crippen LogP contribution in [-0.2, 0) is 7.05 Å². The zero-order valence-electron chi connectivity index (χ0n) is 11.2. The minimum atomic E-state index is -0.993. The van der Waals surface area contributed by atoms with Gasteiger partial charge in [0.25, 0.3) is 0 Å². The average Bonchev–Trinajstić information content (AvgIpc) is 2.73. The van der Waals surface area contributed by atoms with Crippen LogP contribution in [0.25, 0.3) is 22.4 Å². The number of benzene rings is 1. The van der Waals surface area contributed by atoms with E-state index < -0.39 is 5.97 Å². The van der Waals surface area contributed by atoms with Gasteiger partial charge in [-0.1, -0.05) is 30.3 Å². The summed E-state index contributed by atoms with van der Waals surface area (Å²) < 4.78 is 1.79. The Kier molecular flexibility index (Phi) is 2.75. The average molecular weight is 267 g/mol. The highest BCUT2D eigenvalue weighted by Crippen LogP contribution is 2.31. The number of rotatable bonds is 2. The highest BCUT2D eigenvalue weighted by molar-refractivity contribution is 6.07. The van der Waals surface area contributed by atoms with Crippen LogP contribution in [0.1, 0.15) is 16.1 Å². The van der Waals surface area contributed by atoms with E-state index in [-0.39, 0.29) is 5.56 Å². The molecule has 0 bridgehead atoms. The minimum Gasteiger partial charge on any atom is -0.478 e. The number of carboxylic acid groups (broad SMARTS) is 1. The van der Waals surface area contributed by atoms with E-state index in [0.29, 0.717) is 16.9 Å². The van der Waals surface area contributed by atoms with Gasteiger partial charge in [0, 0.05) is 13.2 Å². The second-order valence-electron chi connectivity index (χ2n) is 4.64. The molecule has 0 radical (unpaired) electrons. The van der Waals surface area contributed by atoms with Gasteiger partial charge in [-0.3, -0.25) is 4.98 Å². The van der Waals surface area contributed by atoms with Crippen molar-refractivity contribution in [2.75, 3.05) is 0 Å². The number of fused-ring (bicyclic) bond motifs is 1. The number of carbonyl (C=O) groups is 1. The van der Waals surface area contributed by atoms with Gasteiger partial charge < -0.3 is 9.67 Å². The first-order chi connectivity index (χ1) is 9.59. The van der Waals surface area contributed by atoms with Crippen LogP contribution in [0.4, 0.5) is 0 Å². The summed E-state index contributed by atoms with van der Waals surface area (Å²) in [6, 6.07) is 9.42. The first kappa shape index (κ1) is 12.3. The summed E-state index contributed by atoms with van der Waals surface area (Å²) in [5.41, 5.74) is 3.42. The Hall–Kier alpha value is -2.69. The van der Waals surface area contributed by atoms with Crippen molar-refractivity contribution in [2.24, 2.45) is 7.05 Å². The molecule has 5 nitrogen and oxygen atoms in total. The molecular formula is C15H13N3O2. The summed E-state index contributed by atoms with van der Waals surface area (Å²) >= 11 is 0. The van der Waals surface area contributed by atoms with Crippen molar-refractivity contribution in [3.63, 3.8) is 0 Å². The van der Waals surface area contributed by atoms with Gasteiger partial charge in [0.2, 0.25) is 0 Å². The lowest BCUT2D eigenvalue weighted by atomic mass is 10.1. The van der Waals surface area contributed by atoms with Crippen LogP contribution in [0.3, 0.4) is 0 Å². The van der Waals surface area contributed by atoms with Crippen molar-refractivity contribution in [1.82, 2.24) is 14.5 Å². The highest BCUT2D eigenvalue weighted by atomic mass is 16.4. The number of nitrogens with zero attached hydrogens (tertiary/aromatic N) is 3. The number of hydrogen-bond donors (Lipinski definition) is 1. The van der Waals surface area contributed by atoms with Crippen LogP contribution in [-0.4, -0.2) is 25.6 Å². The monoisotopic (exact) mass is 267 g/mol. The third-order valence-electron chi connectivity index (χ3n) is 3.26. The fourth-order valence-corrected chi connectivity index (χ4v) is 2.40. The summed E-state index contributed by atoms with van der Waals surface area (Å²) in [5.74, 6) is -0.993. The summed E-state index contributed by atoms with van der Waals surface area (Å²) in [5, 5.41) is 9.53. The molecule has 0 fully saturated rings. The molecule has 0 saturated heterocycles. The maximum absolute atomic E-state index is 11.6. The molecule has 0 aliphatic carbocycles. The molecule has 5 heteroatoms. The van der Waals surface area contributed by atoms with Crippen LogP contribution in [0.5, 0.6) is 0 Å². The molecule has 3 rings (SSSR count). The Morgan fingerprint density at radius 1 is 1.25 bits per heavy atom. The fraction of sp³-hybridized carbons (Fsp3) is 0.133. The molecule has 0 atom stereocenters. The smallest absolute Gasteiger partial charge is 0.340 e. The Labute approximate surface area is 115 Å². The summed E-state index contributed by atoms with van der Waals surface area (Å²) in [7, 11) is 1.81. The standard InChI is InChI=1S/C15H13N3O2/c1-9-8-16-12-11(15(19)20)13(18(2)14(12)17-9)10-6-4-3-5-7-10/h3-8H,1-2H3,(H,19,20). The molecule has 0 saturated carbocycles. The number of aromatic carboxylic acids is 1. The Morgan fingerprint density at radius 3 is 2.60 bits per heavy atom. The molecule has 2 heterocycles. The number of aryl methyl sites for hydroxylation is 2. The molecule has 1 N–H and O–H groups in total. The Balaban J connectivity index is 2.45. The van der Waals surface area contributed by atoms with Gasteiger partial charge >= 0.3 is 5.97 Å². The van der Waals surface area contributed by atoms with Crippen molar-refractivity contribution in [3.8, 4) is 11.3 Å². The largest absolute Gasteiger partial charge is 0.478 e. The van der Waals surface area contributed by atoms with Crippen molar-refractivity contribution in [3.05, 3.63) is 47.8 Å². The quantitative estimate of drug-likeness (QED) is 0.775. The lowest BCUT2D eigenvalue weighted by Crippen LogP contribution is -2.00. The van der Waals surface area contributed by atoms with Gasteiger partial charge in [-0.05, 0) is 12.5 Å². The lowest BCUT2D eigenvalue weighted by Gasteiger charge is -2.05. The van der Waals surface area contributed by atoms with E-state index in [1.54, 1.807) is 10.8 Å². The second-order valence-corrected chi connectivity index (χ2v) is 4.64. The third-order valence-corrected chi connectivity index (χ3v) is 3.26. The third kappa shape index (κ3) is 1.75. The van der Waals surface area contributed by atoms with Crippen LogP contribution in [0.2, 0.25) is 0 Å². The molecular weight excluding hydrogens is 254 g/mol. The van der Waals surface area contributed by atoms with Gasteiger partial charge in [0.1, 0.15) is 11.1 Å². The minimum absolute atomic E-state index is 0.196. The SMILES string of the molecule is Cc1cnc2c(C(=O)O)c(-c3ccccc3)n(C)c2n1. The lowest BCUT2D eigenvalue weighted by molar-refractivity contribution is 0.0699. The van der Waals surface area contributed by atoms with E-state index in [9.17, 15) is 9.90 Å². The Bertz CT molecular complexity index is 807. The van der Waals surface area contributed by atoms with E-state index in [0.717, 1.165) is 11.3 Å². The molecule has 0 aliphatic rings. The van der Waals surface area contributed by atoms with Gasteiger partial charge in [0.15, 0.2) is 5.65 Å². The number of carboxylic acids is 1. The second kappa shape index (κ2) is 4.45. The first-order valence-electron chi connectivity index (χ1n) is 6.20. The van der Waals surface area contributed by atoms with Crippen LogP contribution in [0, 0.1) is 6.92 Å². The van der Waals surface area contributed by atoms with Gasteiger partial charge in [0.05, 0.1) is 11.4 Å². The zero-order valence-corrected chi connectivity index (χ0v) is 11.2. The Morgan fingerprint density at radius 2 is 1.95 bits per heavy atom. The summed E-state index contributed by atoms with van der Waals surface area (Å²) in [6.07, 6.45) is 1.59. The molecule has 0 aliphatic heterocycles. The predicted octanol–water partition coefficient (Wildman–Crippen LogP) is 2.64. The van der Waals surface area contributed by atoms with Gasteiger partial charge in [-0.25, -0.2) is 9.78 Å². The van der Waals surface area contributed by atoms with E-state index >= 15 is 0 Å². The van der Waals surface area contributed by atoms with Crippen molar-refractivity contribution in [1.29, 1.82) is 0 Å². The zero-order chi connectivity index (χ0) is 14.3. The van der Waals surface area contributed by atoms with Gasteiger partial charge in [-0.2, -0.15) is 0 Å². The van der Waals surface area contributed by atoms with E-state index in [2.05, 4.69) is 9.97 Å². The molecule has 20 heavy (non-hydrogen) atoms. The molecule has 100 valence electrons. The van der Waals surface area contributed by atoms with E-state index in [1.165, 1.54) is 0 Å². The molecule has 1 aromatic carbocycles. The molecule has 3 aromatic rings. The van der Waals surface area contributed by atoms with Crippen LogP contribution >= 0.6 is 0 Å². The highest BCUT2D eigenvalue weighted by Gasteiger charge is 2.23. The normalized spacial score (nSPS) is 10.9. The predicted molar refractivity (Wildman–Crippen MR) is 75.6 cm³/mol. The number of hydrogen-bond acceptors (Lipinski definition) is 3. The molecule has 0 unspecified atom stereocenters. The van der Waals surface area contributed by atoms with E-state index in [4.69, 9.17) is 0 Å². The maximum atomic E-state index is 11.6. The first-order valence-corrected chi connectivity index (χ1v) is 6.20. The van der Waals surface area contributed by atoms with E-state index in [1.807, 2.05) is 44.3 Å². The molecule has 0 spiro atoms. The van der Waals surface area contributed by atoms with Crippen molar-refractivity contribution >= 4 is 17.1 Å². The summed E-state index contributed by atoms with van der Waals surface area (Å²) in [4.78, 5) is 20.3. The van der Waals surface area contributed by atoms with Crippen LogP contribution in [0.15, 0.2) is 36.5 Å². The fourth-order valence-electron chi connectivity index (χ4n) is 2.40.